The normalized spacial score (nSPS) is 16.1. The summed E-state index contributed by atoms with van der Waals surface area (Å²) in [5.74, 6) is 0.0686. The molecule has 1 heterocycles. The summed E-state index contributed by atoms with van der Waals surface area (Å²) in [6.45, 7) is 0. The standard InChI is InChI=1S/C20H20N4O/c25-20(14-6-11-18-19(12-14)22-13-21-18)24-17-9-7-16(8-10-17)23-15-4-2-1-3-5-15/h1-5,7-10,13-14,23H,6,11-12H2,(H,21,22)(H,24,25). The van der Waals surface area contributed by atoms with Crippen LogP contribution in [0.15, 0.2) is 60.9 Å². The van der Waals surface area contributed by atoms with E-state index in [9.17, 15) is 4.79 Å². The number of nitrogens with zero attached hydrogens (tertiary/aromatic N) is 1. The van der Waals surface area contributed by atoms with Crippen molar-refractivity contribution in [2.45, 2.75) is 19.3 Å². The number of aromatic nitrogens is 2. The first kappa shape index (κ1) is 15.4. The number of para-hydroxylation sites is 1. The lowest BCUT2D eigenvalue weighted by Crippen LogP contribution is -2.28. The van der Waals surface area contributed by atoms with Crippen LogP contribution in [0.5, 0.6) is 0 Å². The summed E-state index contributed by atoms with van der Waals surface area (Å²) < 4.78 is 0. The molecule has 4 rings (SSSR count). The number of amides is 1. The molecule has 5 heteroatoms. The Morgan fingerprint density at radius 3 is 2.52 bits per heavy atom. The van der Waals surface area contributed by atoms with Crippen molar-refractivity contribution in [3.8, 4) is 0 Å². The van der Waals surface area contributed by atoms with Gasteiger partial charge in [-0.05, 0) is 49.2 Å². The fraction of sp³-hybridized carbons (Fsp3) is 0.200. The lowest BCUT2D eigenvalue weighted by Gasteiger charge is -2.20. The molecule has 1 aliphatic rings. The zero-order valence-corrected chi connectivity index (χ0v) is 13.8. The Bertz CT molecular complexity index is 855. The third kappa shape index (κ3) is 3.55. The topological polar surface area (TPSA) is 69.8 Å². The third-order valence-electron chi connectivity index (χ3n) is 4.57. The Balaban J connectivity index is 1.37. The number of carbonyl (C=O) groups excluding carboxylic acids is 1. The number of nitrogens with one attached hydrogen (secondary N) is 3. The molecule has 126 valence electrons. The second-order valence-electron chi connectivity index (χ2n) is 6.33. The third-order valence-corrected chi connectivity index (χ3v) is 4.57. The van der Waals surface area contributed by atoms with Gasteiger partial charge in [0.15, 0.2) is 0 Å². The van der Waals surface area contributed by atoms with Crippen LogP contribution in [-0.4, -0.2) is 15.9 Å². The molecule has 0 spiro atoms. The number of fused-ring (bicyclic) bond motifs is 1. The molecule has 1 amide bonds. The first-order valence-corrected chi connectivity index (χ1v) is 8.52. The van der Waals surface area contributed by atoms with E-state index in [1.807, 2.05) is 54.6 Å². The van der Waals surface area contributed by atoms with E-state index in [1.165, 1.54) is 0 Å². The molecule has 0 fully saturated rings. The van der Waals surface area contributed by atoms with Crippen LogP contribution in [0.4, 0.5) is 17.1 Å². The van der Waals surface area contributed by atoms with E-state index in [2.05, 4.69) is 20.6 Å². The average Bonchev–Trinajstić information content (AvgIpc) is 3.12. The molecule has 1 unspecified atom stereocenters. The van der Waals surface area contributed by atoms with E-state index < -0.39 is 0 Å². The largest absolute Gasteiger partial charge is 0.356 e. The Kier molecular flexibility index (Phi) is 4.21. The van der Waals surface area contributed by atoms with E-state index >= 15 is 0 Å². The minimum Gasteiger partial charge on any atom is -0.356 e. The van der Waals surface area contributed by atoms with Gasteiger partial charge in [-0.2, -0.15) is 0 Å². The molecule has 25 heavy (non-hydrogen) atoms. The summed E-state index contributed by atoms with van der Waals surface area (Å²) in [7, 11) is 0. The highest BCUT2D eigenvalue weighted by Crippen LogP contribution is 2.25. The number of aromatic amines is 1. The van der Waals surface area contributed by atoms with Gasteiger partial charge in [-0.25, -0.2) is 4.98 Å². The highest BCUT2D eigenvalue weighted by atomic mass is 16.1. The van der Waals surface area contributed by atoms with E-state index in [-0.39, 0.29) is 11.8 Å². The second-order valence-corrected chi connectivity index (χ2v) is 6.33. The first-order valence-electron chi connectivity index (χ1n) is 8.52. The SMILES string of the molecule is O=C(Nc1ccc(Nc2ccccc2)cc1)C1CCc2nc[nH]c2C1. The Hall–Kier alpha value is -3.08. The van der Waals surface area contributed by atoms with Gasteiger partial charge in [0, 0.05) is 35.1 Å². The van der Waals surface area contributed by atoms with Gasteiger partial charge in [0.1, 0.15) is 0 Å². The van der Waals surface area contributed by atoms with E-state index in [1.54, 1.807) is 6.33 Å². The van der Waals surface area contributed by atoms with Crippen molar-refractivity contribution in [3.63, 3.8) is 0 Å². The van der Waals surface area contributed by atoms with Gasteiger partial charge in [0.05, 0.1) is 12.0 Å². The molecule has 0 saturated heterocycles. The van der Waals surface area contributed by atoms with Gasteiger partial charge in [0.2, 0.25) is 5.91 Å². The van der Waals surface area contributed by atoms with Gasteiger partial charge in [-0.1, -0.05) is 18.2 Å². The van der Waals surface area contributed by atoms with Crippen molar-refractivity contribution >= 4 is 23.0 Å². The van der Waals surface area contributed by atoms with Crippen molar-refractivity contribution in [2.24, 2.45) is 5.92 Å². The zero-order chi connectivity index (χ0) is 17.1. The van der Waals surface area contributed by atoms with Crippen LogP contribution in [0.2, 0.25) is 0 Å². The molecule has 2 aromatic carbocycles. The summed E-state index contributed by atoms with van der Waals surface area (Å²) in [5.41, 5.74) is 5.04. The van der Waals surface area contributed by atoms with Gasteiger partial charge in [-0.3, -0.25) is 4.79 Å². The molecule has 3 aromatic rings. The zero-order valence-electron chi connectivity index (χ0n) is 13.8. The quantitative estimate of drug-likeness (QED) is 0.679. The van der Waals surface area contributed by atoms with Crippen molar-refractivity contribution in [3.05, 3.63) is 72.3 Å². The van der Waals surface area contributed by atoms with Crippen LogP contribution < -0.4 is 10.6 Å². The summed E-state index contributed by atoms with van der Waals surface area (Å²) in [6, 6.07) is 17.8. The van der Waals surface area contributed by atoms with Gasteiger partial charge in [-0.15, -0.1) is 0 Å². The molecule has 1 aromatic heterocycles. The van der Waals surface area contributed by atoms with E-state index in [4.69, 9.17) is 0 Å². The predicted octanol–water partition coefficient (Wildman–Crippen LogP) is 3.90. The number of hydrogen-bond acceptors (Lipinski definition) is 3. The van der Waals surface area contributed by atoms with Crippen LogP contribution in [-0.2, 0) is 17.6 Å². The smallest absolute Gasteiger partial charge is 0.227 e. The van der Waals surface area contributed by atoms with E-state index in [0.717, 1.165) is 47.7 Å². The summed E-state index contributed by atoms with van der Waals surface area (Å²) in [4.78, 5) is 19.9. The lowest BCUT2D eigenvalue weighted by atomic mass is 9.89. The number of imidazole rings is 1. The number of hydrogen-bond donors (Lipinski definition) is 3. The molecule has 0 bridgehead atoms. The second kappa shape index (κ2) is 6.81. The maximum Gasteiger partial charge on any atom is 0.227 e. The van der Waals surface area contributed by atoms with Crippen LogP contribution in [0.3, 0.4) is 0 Å². The minimum absolute atomic E-state index is 0.00456. The Morgan fingerprint density at radius 1 is 1.00 bits per heavy atom. The molecule has 5 nitrogen and oxygen atoms in total. The molecule has 0 radical (unpaired) electrons. The first-order chi connectivity index (χ1) is 12.3. The Morgan fingerprint density at radius 2 is 1.72 bits per heavy atom. The van der Waals surface area contributed by atoms with Crippen LogP contribution >= 0.6 is 0 Å². The number of benzene rings is 2. The highest BCUT2D eigenvalue weighted by molar-refractivity contribution is 5.93. The highest BCUT2D eigenvalue weighted by Gasteiger charge is 2.26. The lowest BCUT2D eigenvalue weighted by molar-refractivity contribution is -0.120. The van der Waals surface area contributed by atoms with Crippen molar-refractivity contribution in [1.82, 2.24) is 9.97 Å². The summed E-state index contributed by atoms with van der Waals surface area (Å²) in [6.07, 6.45) is 4.15. The number of carbonyl (C=O) groups is 1. The fourth-order valence-electron chi connectivity index (χ4n) is 3.19. The van der Waals surface area contributed by atoms with Gasteiger partial charge in [0.25, 0.3) is 0 Å². The number of rotatable bonds is 4. The van der Waals surface area contributed by atoms with Gasteiger partial charge >= 0.3 is 0 Å². The maximum absolute atomic E-state index is 12.5. The van der Waals surface area contributed by atoms with E-state index in [0.29, 0.717) is 0 Å². The van der Waals surface area contributed by atoms with Crippen LogP contribution in [0.25, 0.3) is 0 Å². The van der Waals surface area contributed by atoms with Crippen LogP contribution in [0.1, 0.15) is 17.8 Å². The molecule has 3 N–H and O–H groups in total. The molecule has 0 saturated carbocycles. The maximum atomic E-state index is 12.5. The van der Waals surface area contributed by atoms with Gasteiger partial charge < -0.3 is 15.6 Å². The fourth-order valence-corrected chi connectivity index (χ4v) is 3.19. The number of aryl methyl sites for hydroxylation is 1. The Labute approximate surface area is 146 Å². The monoisotopic (exact) mass is 332 g/mol. The molecular weight excluding hydrogens is 312 g/mol. The van der Waals surface area contributed by atoms with Crippen molar-refractivity contribution in [2.75, 3.05) is 10.6 Å². The number of H-pyrrole nitrogens is 1. The molecule has 0 aliphatic heterocycles. The average molecular weight is 332 g/mol. The molecule has 1 atom stereocenters. The van der Waals surface area contributed by atoms with Crippen molar-refractivity contribution in [1.29, 1.82) is 0 Å². The summed E-state index contributed by atoms with van der Waals surface area (Å²) >= 11 is 0. The molecular formula is C20H20N4O. The number of anilines is 3. The predicted molar refractivity (Wildman–Crippen MR) is 98.9 cm³/mol. The summed E-state index contributed by atoms with van der Waals surface area (Å²) in [5, 5.41) is 6.36. The molecule has 1 aliphatic carbocycles. The minimum atomic E-state index is -0.00456. The van der Waals surface area contributed by atoms with Crippen LogP contribution in [0, 0.1) is 5.92 Å². The van der Waals surface area contributed by atoms with Crippen molar-refractivity contribution < 1.29 is 4.79 Å².